The van der Waals surface area contributed by atoms with E-state index in [0.717, 1.165) is 58.7 Å². The van der Waals surface area contributed by atoms with Crippen LogP contribution in [0, 0.1) is 0 Å². The Hall–Kier alpha value is -3.52. The Morgan fingerprint density at radius 1 is 1.06 bits per heavy atom. The highest BCUT2D eigenvalue weighted by Crippen LogP contribution is 2.31. The van der Waals surface area contributed by atoms with Crippen LogP contribution >= 0.6 is 0 Å². The minimum Gasteiger partial charge on any atom is -0.474 e. The maximum atomic E-state index is 5.71. The van der Waals surface area contributed by atoms with Crippen LogP contribution in [-0.4, -0.2) is 50.2 Å². The maximum Gasteiger partial charge on any atom is 0.233 e. The quantitative estimate of drug-likeness (QED) is 0.425. The second-order valence-corrected chi connectivity index (χ2v) is 8.35. The third-order valence-electron chi connectivity index (χ3n) is 5.51. The lowest BCUT2D eigenvalue weighted by Crippen LogP contribution is -2.38. The number of nitrogens with zero attached hydrogens (tertiary/aromatic N) is 4. The first-order valence-corrected chi connectivity index (χ1v) is 11.1. The van der Waals surface area contributed by atoms with E-state index in [0.29, 0.717) is 11.9 Å². The fourth-order valence-electron chi connectivity index (χ4n) is 4.03. The Bertz CT molecular complexity index is 1210. The third kappa shape index (κ3) is 4.40. The van der Waals surface area contributed by atoms with Gasteiger partial charge < -0.3 is 20.4 Å². The number of H-pyrrole nitrogens is 1. The Morgan fingerprint density at radius 2 is 1.94 bits per heavy atom. The summed E-state index contributed by atoms with van der Waals surface area (Å²) in [5, 5.41) is 7.99. The van der Waals surface area contributed by atoms with E-state index in [9.17, 15) is 0 Å². The van der Waals surface area contributed by atoms with Crippen molar-refractivity contribution in [2.45, 2.75) is 38.8 Å². The van der Waals surface area contributed by atoms with Crippen LogP contribution in [0.4, 0.5) is 5.82 Å². The zero-order valence-electron chi connectivity index (χ0n) is 18.3. The van der Waals surface area contributed by atoms with Gasteiger partial charge in [0.25, 0.3) is 0 Å². The Morgan fingerprint density at radius 3 is 2.78 bits per heavy atom. The van der Waals surface area contributed by atoms with Crippen LogP contribution in [0.25, 0.3) is 33.4 Å². The molecule has 164 valence electrons. The van der Waals surface area contributed by atoms with Gasteiger partial charge >= 0.3 is 0 Å². The van der Waals surface area contributed by atoms with E-state index in [2.05, 4.69) is 42.7 Å². The van der Waals surface area contributed by atoms with Gasteiger partial charge in [0.15, 0.2) is 0 Å². The predicted molar refractivity (Wildman–Crippen MR) is 126 cm³/mol. The molecule has 3 N–H and O–H groups in total. The molecule has 0 aliphatic carbocycles. The molecule has 4 aromatic rings. The number of aromatic amines is 1. The monoisotopic (exact) mass is 429 g/mol. The molecule has 5 rings (SSSR count). The van der Waals surface area contributed by atoms with Crippen molar-refractivity contribution in [2.24, 2.45) is 0 Å². The normalized spacial score (nSPS) is 16.4. The van der Waals surface area contributed by atoms with E-state index in [4.69, 9.17) is 9.72 Å². The van der Waals surface area contributed by atoms with Crippen LogP contribution < -0.4 is 15.4 Å². The smallest absolute Gasteiger partial charge is 0.233 e. The average Bonchev–Trinajstić information content (AvgIpc) is 3.23. The van der Waals surface area contributed by atoms with Crippen molar-refractivity contribution in [1.82, 2.24) is 30.2 Å². The van der Waals surface area contributed by atoms with Crippen molar-refractivity contribution in [1.29, 1.82) is 0 Å². The molecule has 1 aromatic carbocycles. The number of fused-ring (bicyclic) bond motifs is 1. The third-order valence-corrected chi connectivity index (χ3v) is 5.51. The van der Waals surface area contributed by atoms with Crippen molar-refractivity contribution in [3.63, 3.8) is 0 Å². The molecule has 3 aromatic heterocycles. The lowest BCUT2D eigenvalue weighted by Gasteiger charge is -2.24. The van der Waals surface area contributed by atoms with Gasteiger partial charge in [-0.15, -0.1) is 0 Å². The number of ether oxygens (including phenoxy) is 1. The Balaban J connectivity index is 1.46. The summed E-state index contributed by atoms with van der Waals surface area (Å²) in [7, 11) is 0. The Kier molecular flexibility index (Phi) is 5.68. The van der Waals surface area contributed by atoms with Crippen molar-refractivity contribution in [3.05, 3.63) is 49.2 Å². The van der Waals surface area contributed by atoms with E-state index in [1.54, 1.807) is 24.8 Å². The second-order valence-electron chi connectivity index (χ2n) is 8.35. The van der Waals surface area contributed by atoms with Gasteiger partial charge in [0, 0.05) is 40.8 Å². The van der Waals surface area contributed by atoms with Gasteiger partial charge in [-0.25, -0.2) is 9.97 Å². The molecule has 1 aliphatic heterocycles. The van der Waals surface area contributed by atoms with Crippen molar-refractivity contribution >= 4 is 16.7 Å². The summed E-state index contributed by atoms with van der Waals surface area (Å²) < 4.78 is 5.71. The molecule has 0 radical (unpaired) electrons. The molecule has 1 aliphatic rings. The molecular weight excluding hydrogens is 402 g/mol. The van der Waals surface area contributed by atoms with E-state index >= 15 is 0 Å². The first-order chi connectivity index (χ1) is 15.7. The lowest BCUT2D eigenvalue weighted by molar-refractivity contribution is 0.232. The van der Waals surface area contributed by atoms with Gasteiger partial charge in [0.1, 0.15) is 5.82 Å². The first kappa shape index (κ1) is 20.4. The number of aromatic nitrogens is 5. The van der Waals surface area contributed by atoms with Crippen LogP contribution in [0.3, 0.4) is 0 Å². The van der Waals surface area contributed by atoms with Crippen LogP contribution in [0.1, 0.15) is 26.7 Å². The highest BCUT2D eigenvalue weighted by atomic mass is 16.5. The van der Waals surface area contributed by atoms with E-state index < -0.39 is 0 Å². The molecule has 1 atom stereocenters. The fraction of sp³-hybridized carbons (Fsp3) is 0.333. The number of anilines is 1. The SMILES string of the molecule is CC(C)Oc1cncc(-c2ccc3[nH]cc(-c4cncc(NC5CCCNC5)n4)c3c2)n1. The number of piperidine rings is 1. The van der Waals surface area contributed by atoms with Gasteiger partial charge in [-0.1, -0.05) is 6.07 Å². The number of benzene rings is 1. The average molecular weight is 430 g/mol. The van der Waals surface area contributed by atoms with Gasteiger partial charge in [0.05, 0.1) is 42.3 Å². The molecule has 8 nitrogen and oxygen atoms in total. The van der Waals surface area contributed by atoms with E-state index in [1.165, 1.54) is 6.42 Å². The summed E-state index contributed by atoms with van der Waals surface area (Å²) in [5.41, 5.74) is 4.59. The molecule has 1 fully saturated rings. The molecule has 0 amide bonds. The van der Waals surface area contributed by atoms with Gasteiger partial charge in [-0.3, -0.25) is 9.97 Å². The minimum absolute atomic E-state index is 0.0437. The summed E-state index contributed by atoms with van der Waals surface area (Å²) in [5.74, 6) is 1.32. The van der Waals surface area contributed by atoms with Crippen molar-refractivity contribution < 1.29 is 4.74 Å². The molecule has 8 heteroatoms. The van der Waals surface area contributed by atoms with E-state index in [1.807, 2.05) is 26.1 Å². The van der Waals surface area contributed by atoms with Crippen LogP contribution in [0.2, 0.25) is 0 Å². The van der Waals surface area contributed by atoms with Crippen LogP contribution in [0.15, 0.2) is 49.2 Å². The number of nitrogens with one attached hydrogen (secondary N) is 3. The lowest BCUT2D eigenvalue weighted by atomic mass is 10.1. The summed E-state index contributed by atoms with van der Waals surface area (Å²) in [6.07, 6.45) is 11.3. The van der Waals surface area contributed by atoms with Crippen LogP contribution in [-0.2, 0) is 0 Å². The number of rotatable bonds is 6. The first-order valence-electron chi connectivity index (χ1n) is 11.1. The zero-order chi connectivity index (χ0) is 21.9. The minimum atomic E-state index is 0.0437. The number of hydrogen-bond donors (Lipinski definition) is 3. The molecule has 0 saturated carbocycles. The maximum absolute atomic E-state index is 5.71. The highest BCUT2D eigenvalue weighted by molar-refractivity contribution is 5.97. The van der Waals surface area contributed by atoms with Gasteiger partial charge in [0.2, 0.25) is 5.88 Å². The predicted octanol–water partition coefficient (Wildman–Crippen LogP) is 4.03. The fourth-order valence-corrected chi connectivity index (χ4v) is 4.03. The summed E-state index contributed by atoms with van der Waals surface area (Å²) in [6.45, 7) is 5.98. The highest BCUT2D eigenvalue weighted by Gasteiger charge is 2.15. The summed E-state index contributed by atoms with van der Waals surface area (Å²) in [6, 6.07) is 6.57. The molecule has 32 heavy (non-hydrogen) atoms. The van der Waals surface area contributed by atoms with Crippen molar-refractivity contribution in [2.75, 3.05) is 18.4 Å². The summed E-state index contributed by atoms with van der Waals surface area (Å²) in [4.78, 5) is 21.5. The van der Waals surface area contributed by atoms with E-state index in [-0.39, 0.29) is 6.10 Å². The summed E-state index contributed by atoms with van der Waals surface area (Å²) >= 11 is 0. The number of hydrogen-bond acceptors (Lipinski definition) is 7. The second kappa shape index (κ2) is 8.92. The molecule has 4 heterocycles. The van der Waals surface area contributed by atoms with Crippen molar-refractivity contribution in [3.8, 4) is 28.4 Å². The molecule has 1 unspecified atom stereocenters. The van der Waals surface area contributed by atoms with Gasteiger partial charge in [-0.05, 0) is 45.4 Å². The molecule has 0 spiro atoms. The molecule has 1 saturated heterocycles. The standard InChI is InChI=1S/C24H27N7O/c1-15(2)32-24-14-27-11-21(31-24)16-5-6-20-18(8-16)19(10-28-20)22-12-26-13-23(30-22)29-17-4-3-7-25-9-17/h5-6,8,10-15,17,25,28H,3-4,7,9H2,1-2H3,(H,29,30). The van der Waals surface area contributed by atoms with Crippen LogP contribution in [0.5, 0.6) is 5.88 Å². The zero-order valence-corrected chi connectivity index (χ0v) is 18.3. The van der Waals surface area contributed by atoms with Gasteiger partial charge in [-0.2, -0.15) is 0 Å². The molecule has 0 bridgehead atoms. The Labute approximate surface area is 186 Å². The topological polar surface area (TPSA) is 101 Å². The largest absolute Gasteiger partial charge is 0.474 e. The molecular formula is C24H27N7O.